The van der Waals surface area contributed by atoms with Crippen molar-refractivity contribution in [1.82, 2.24) is 10.6 Å². The number of nitrogens with zero attached hydrogens (tertiary/aromatic N) is 1. The van der Waals surface area contributed by atoms with E-state index in [1.54, 1.807) is 13.8 Å². The first-order valence-electron chi connectivity index (χ1n) is 8.67. The van der Waals surface area contributed by atoms with Gasteiger partial charge in [0, 0.05) is 12.7 Å². The van der Waals surface area contributed by atoms with E-state index in [2.05, 4.69) is 34.9 Å². The summed E-state index contributed by atoms with van der Waals surface area (Å²) < 4.78 is 5.16. The number of likely N-dealkylation sites (N-methyl/N-ethyl adjacent to an activating group) is 1. The molecule has 0 bridgehead atoms. The van der Waals surface area contributed by atoms with Crippen molar-refractivity contribution in [2.45, 2.75) is 19.9 Å². The molecule has 136 valence electrons. The number of hydrogen-bond donors (Lipinski definition) is 2. The number of anilines is 1. The quantitative estimate of drug-likeness (QED) is 0.811. The van der Waals surface area contributed by atoms with Gasteiger partial charge in [-0.2, -0.15) is 0 Å². The van der Waals surface area contributed by atoms with Crippen LogP contribution in [-0.2, 0) is 9.53 Å². The number of ether oxygens (including phenoxy) is 1. The Balaban J connectivity index is 1.90. The Morgan fingerprint density at radius 1 is 1.19 bits per heavy atom. The zero-order chi connectivity index (χ0) is 18.7. The topological polar surface area (TPSA) is 70.7 Å². The molecule has 0 saturated carbocycles. The number of rotatable bonds is 5. The van der Waals surface area contributed by atoms with Gasteiger partial charge in [-0.15, -0.1) is 0 Å². The molecule has 1 unspecified atom stereocenters. The molecular formula is C20H23N3O3. The van der Waals surface area contributed by atoms with E-state index in [9.17, 15) is 9.59 Å². The lowest BCUT2D eigenvalue weighted by Crippen LogP contribution is -2.51. The van der Waals surface area contributed by atoms with Crippen molar-refractivity contribution in [2.24, 2.45) is 0 Å². The fourth-order valence-corrected chi connectivity index (χ4v) is 3.15. The molecule has 2 aromatic carbocycles. The van der Waals surface area contributed by atoms with E-state index in [4.69, 9.17) is 4.74 Å². The van der Waals surface area contributed by atoms with Crippen LogP contribution in [0.25, 0.3) is 10.8 Å². The third-order valence-electron chi connectivity index (χ3n) is 4.43. The Morgan fingerprint density at radius 2 is 1.92 bits per heavy atom. The van der Waals surface area contributed by atoms with E-state index in [1.165, 1.54) is 5.39 Å². The van der Waals surface area contributed by atoms with Gasteiger partial charge in [-0.25, -0.2) is 9.59 Å². The number of carbonyl (C=O) groups is 2. The summed E-state index contributed by atoms with van der Waals surface area (Å²) >= 11 is 0. The van der Waals surface area contributed by atoms with E-state index in [0.717, 1.165) is 11.1 Å². The van der Waals surface area contributed by atoms with Crippen LogP contribution in [0.2, 0.25) is 0 Å². The maximum atomic E-state index is 12.3. The standard InChI is InChI=1S/C20H23N3O3/c1-4-26-19(24)18-13(2)21-20(25)22-17(18)12-23(3)16-10-9-14-7-5-6-8-15(14)11-16/h5-11,13H,4,12H2,1-3H3,(H2,21,22,25). The highest BCUT2D eigenvalue weighted by molar-refractivity contribution is 5.95. The number of esters is 1. The Labute approximate surface area is 152 Å². The molecule has 0 fully saturated rings. The number of urea groups is 1. The molecule has 6 nitrogen and oxygen atoms in total. The molecule has 26 heavy (non-hydrogen) atoms. The monoisotopic (exact) mass is 353 g/mol. The van der Waals surface area contributed by atoms with Crippen molar-refractivity contribution in [2.75, 3.05) is 25.1 Å². The van der Waals surface area contributed by atoms with Crippen molar-refractivity contribution in [3.63, 3.8) is 0 Å². The van der Waals surface area contributed by atoms with E-state index in [0.29, 0.717) is 17.8 Å². The maximum absolute atomic E-state index is 12.3. The second kappa shape index (κ2) is 7.47. The SMILES string of the molecule is CCOC(=O)C1=C(CN(C)c2ccc3ccccc3c2)NC(=O)NC1C. The second-order valence-corrected chi connectivity index (χ2v) is 6.32. The minimum Gasteiger partial charge on any atom is -0.463 e. The van der Waals surface area contributed by atoms with Gasteiger partial charge in [-0.05, 0) is 36.8 Å². The summed E-state index contributed by atoms with van der Waals surface area (Å²) in [5.41, 5.74) is 2.02. The number of amides is 2. The van der Waals surface area contributed by atoms with E-state index in [-0.39, 0.29) is 12.6 Å². The molecular weight excluding hydrogens is 330 g/mol. The van der Waals surface area contributed by atoms with Crippen LogP contribution in [0.4, 0.5) is 10.5 Å². The summed E-state index contributed by atoms with van der Waals surface area (Å²) in [5.74, 6) is -0.408. The van der Waals surface area contributed by atoms with Crippen LogP contribution >= 0.6 is 0 Å². The molecule has 3 rings (SSSR count). The molecule has 1 aliphatic rings. The van der Waals surface area contributed by atoms with Gasteiger partial charge >= 0.3 is 12.0 Å². The highest BCUT2D eigenvalue weighted by atomic mass is 16.5. The first kappa shape index (κ1) is 17.8. The molecule has 0 saturated heterocycles. The summed E-state index contributed by atoms with van der Waals surface area (Å²) in [4.78, 5) is 26.2. The Morgan fingerprint density at radius 3 is 2.65 bits per heavy atom. The van der Waals surface area contributed by atoms with Gasteiger partial charge in [0.15, 0.2) is 0 Å². The molecule has 2 N–H and O–H groups in total. The molecule has 0 aliphatic carbocycles. The molecule has 1 atom stereocenters. The molecule has 1 heterocycles. The lowest BCUT2D eigenvalue weighted by Gasteiger charge is -2.29. The summed E-state index contributed by atoms with van der Waals surface area (Å²) in [6.45, 7) is 4.22. The van der Waals surface area contributed by atoms with Gasteiger partial charge in [0.1, 0.15) is 0 Å². The predicted molar refractivity (Wildman–Crippen MR) is 102 cm³/mol. The molecule has 2 amide bonds. The predicted octanol–water partition coefficient (Wildman–Crippen LogP) is 2.79. The Hall–Kier alpha value is -3.02. The molecule has 0 spiro atoms. The van der Waals surface area contributed by atoms with Gasteiger partial charge in [0.2, 0.25) is 0 Å². The van der Waals surface area contributed by atoms with E-state index < -0.39 is 12.0 Å². The van der Waals surface area contributed by atoms with E-state index in [1.807, 2.05) is 30.1 Å². The van der Waals surface area contributed by atoms with Crippen LogP contribution in [0, 0.1) is 0 Å². The van der Waals surface area contributed by atoms with Crippen molar-refractivity contribution < 1.29 is 14.3 Å². The van der Waals surface area contributed by atoms with Crippen molar-refractivity contribution in [3.8, 4) is 0 Å². The summed E-state index contributed by atoms with van der Waals surface area (Å²) in [6, 6.07) is 13.6. The smallest absolute Gasteiger partial charge is 0.337 e. The highest BCUT2D eigenvalue weighted by Crippen LogP contribution is 2.23. The minimum atomic E-state index is -0.408. The lowest BCUT2D eigenvalue weighted by molar-refractivity contribution is -0.138. The normalized spacial score (nSPS) is 16.9. The van der Waals surface area contributed by atoms with Crippen LogP contribution in [0.3, 0.4) is 0 Å². The minimum absolute atomic E-state index is 0.288. The van der Waals surface area contributed by atoms with Crippen LogP contribution in [-0.4, -0.2) is 38.2 Å². The van der Waals surface area contributed by atoms with Crippen LogP contribution in [0.15, 0.2) is 53.7 Å². The molecule has 0 radical (unpaired) electrons. The zero-order valence-corrected chi connectivity index (χ0v) is 15.2. The number of carbonyl (C=O) groups excluding carboxylic acids is 2. The summed E-state index contributed by atoms with van der Waals surface area (Å²) in [6.07, 6.45) is 0. The van der Waals surface area contributed by atoms with Crippen LogP contribution in [0.5, 0.6) is 0 Å². The van der Waals surface area contributed by atoms with Crippen molar-refractivity contribution in [1.29, 1.82) is 0 Å². The van der Waals surface area contributed by atoms with Crippen molar-refractivity contribution >= 4 is 28.5 Å². The Bertz CT molecular complexity index is 875. The largest absolute Gasteiger partial charge is 0.463 e. The zero-order valence-electron chi connectivity index (χ0n) is 15.2. The van der Waals surface area contributed by atoms with Gasteiger partial charge in [-0.3, -0.25) is 0 Å². The number of benzene rings is 2. The number of nitrogens with one attached hydrogen (secondary N) is 2. The van der Waals surface area contributed by atoms with Crippen LogP contribution < -0.4 is 15.5 Å². The molecule has 2 aromatic rings. The maximum Gasteiger partial charge on any atom is 0.337 e. The summed E-state index contributed by atoms with van der Waals surface area (Å²) in [5, 5.41) is 7.77. The first-order chi connectivity index (χ1) is 12.5. The van der Waals surface area contributed by atoms with Gasteiger partial charge < -0.3 is 20.3 Å². The lowest BCUT2D eigenvalue weighted by atomic mass is 10.0. The molecule has 1 aliphatic heterocycles. The van der Waals surface area contributed by atoms with E-state index >= 15 is 0 Å². The van der Waals surface area contributed by atoms with Gasteiger partial charge in [0.05, 0.1) is 30.5 Å². The number of fused-ring (bicyclic) bond motifs is 1. The number of hydrogen-bond acceptors (Lipinski definition) is 4. The molecule has 0 aromatic heterocycles. The van der Waals surface area contributed by atoms with Crippen molar-refractivity contribution in [3.05, 3.63) is 53.7 Å². The third kappa shape index (κ3) is 3.64. The average molecular weight is 353 g/mol. The highest BCUT2D eigenvalue weighted by Gasteiger charge is 2.30. The summed E-state index contributed by atoms with van der Waals surface area (Å²) in [7, 11) is 1.93. The van der Waals surface area contributed by atoms with Gasteiger partial charge in [-0.1, -0.05) is 30.3 Å². The first-order valence-corrected chi connectivity index (χ1v) is 8.67. The second-order valence-electron chi connectivity index (χ2n) is 6.32. The fourth-order valence-electron chi connectivity index (χ4n) is 3.15. The van der Waals surface area contributed by atoms with Crippen LogP contribution in [0.1, 0.15) is 13.8 Å². The average Bonchev–Trinajstić information content (AvgIpc) is 2.60. The fraction of sp³-hybridized carbons (Fsp3) is 0.300. The van der Waals surface area contributed by atoms with Gasteiger partial charge in [0.25, 0.3) is 0 Å². The third-order valence-corrected chi connectivity index (χ3v) is 4.43. The molecule has 6 heteroatoms. The Kier molecular flexibility index (Phi) is 5.11.